The van der Waals surface area contributed by atoms with E-state index in [1.807, 2.05) is 0 Å². The quantitative estimate of drug-likeness (QED) is 0.862. The van der Waals surface area contributed by atoms with Crippen LogP contribution in [0.1, 0.15) is 29.3 Å². The Hall–Kier alpha value is -1.65. The summed E-state index contributed by atoms with van der Waals surface area (Å²) in [4.78, 5) is 10.2. The number of alkyl halides is 3. The van der Waals surface area contributed by atoms with Gasteiger partial charge in [0.2, 0.25) is 10.0 Å². The Morgan fingerprint density at radius 3 is 2.52 bits per heavy atom. The van der Waals surface area contributed by atoms with E-state index in [2.05, 4.69) is 4.72 Å². The molecule has 2 rings (SSSR count). The molecule has 1 fully saturated rings. The molecule has 128 valence electrons. The average molecular weight is 353 g/mol. The number of carboxylic acid groups (broad SMARTS) is 1. The number of aromatic carboxylic acids is 1. The summed E-state index contributed by atoms with van der Waals surface area (Å²) in [7, 11) is -4.25. The molecule has 0 spiro atoms. The number of halogens is 3. The maximum atomic E-state index is 13.0. The molecule has 1 aliphatic rings. The number of carboxylic acids is 1. The molecular weight excluding hydrogens is 339 g/mol. The van der Waals surface area contributed by atoms with Crippen molar-refractivity contribution in [2.75, 3.05) is 13.2 Å². The van der Waals surface area contributed by atoms with E-state index >= 15 is 0 Å². The third-order valence-corrected chi connectivity index (χ3v) is 5.07. The second-order valence-corrected chi connectivity index (χ2v) is 7.16. The fourth-order valence-corrected chi connectivity index (χ4v) is 3.69. The fraction of sp³-hybridized carbons (Fsp3) is 0.462. The molecule has 0 radical (unpaired) electrons. The van der Waals surface area contributed by atoms with Crippen molar-refractivity contribution in [3.8, 4) is 0 Å². The van der Waals surface area contributed by atoms with Crippen LogP contribution in [0.25, 0.3) is 0 Å². The van der Waals surface area contributed by atoms with Crippen molar-refractivity contribution >= 4 is 16.0 Å². The van der Waals surface area contributed by atoms with E-state index in [-0.39, 0.29) is 6.61 Å². The minimum absolute atomic E-state index is 0.103. The average Bonchev–Trinajstić information content (AvgIpc) is 2.82. The van der Waals surface area contributed by atoms with E-state index in [4.69, 9.17) is 9.84 Å². The number of hydrogen-bond donors (Lipinski definition) is 2. The molecule has 1 aromatic carbocycles. The first-order valence-electron chi connectivity index (χ1n) is 6.51. The molecule has 0 saturated carbocycles. The molecule has 1 heterocycles. The molecule has 1 saturated heterocycles. The highest BCUT2D eigenvalue weighted by molar-refractivity contribution is 7.89. The third kappa shape index (κ3) is 3.82. The number of rotatable bonds is 4. The van der Waals surface area contributed by atoms with Gasteiger partial charge in [-0.1, -0.05) is 0 Å². The summed E-state index contributed by atoms with van der Waals surface area (Å²) in [5, 5.41) is 8.81. The van der Waals surface area contributed by atoms with Crippen molar-refractivity contribution in [1.29, 1.82) is 0 Å². The lowest BCUT2D eigenvalue weighted by molar-refractivity contribution is -0.138. The maximum Gasteiger partial charge on any atom is 0.417 e. The number of nitrogens with one attached hydrogen (secondary N) is 1. The summed E-state index contributed by atoms with van der Waals surface area (Å²) in [5.74, 6) is -1.79. The molecule has 1 unspecified atom stereocenters. The van der Waals surface area contributed by atoms with E-state index < -0.39 is 43.7 Å². The molecule has 2 N–H and O–H groups in total. The van der Waals surface area contributed by atoms with Gasteiger partial charge in [-0.25, -0.2) is 17.9 Å². The second-order valence-electron chi connectivity index (χ2n) is 5.48. The van der Waals surface area contributed by atoms with Crippen LogP contribution in [0, 0.1) is 0 Å². The number of carbonyl (C=O) groups is 1. The largest absolute Gasteiger partial charge is 0.478 e. The summed E-state index contributed by atoms with van der Waals surface area (Å²) in [5.41, 5.74) is -3.43. The monoisotopic (exact) mass is 353 g/mol. The summed E-state index contributed by atoms with van der Waals surface area (Å²) in [6.45, 7) is 2.02. The Labute approximate surface area is 130 Å². The fourth-order valence-electron chi connectivity index (χ4n) is 2.24. The topological polar surface area (TPSA) is 92.7 Å². The lowest BCUT2D eigenvalue weighted by Crippen LogP contribution is -2.46. The molecular formula is C13H14F3NO5S. The highest BCUT2D eigenvalue weighted by atomic mass is 32.2. The molecule has 6 nitrogen and oxygen atoms in total. The summed E-state index contributed by atoms with van der Waals surface area (Å²) < 4.78 is 70.8. The summed E-state index contributed by atoms with van der Waals surface area (Å²) in [6.07, 6.45) is -4.61. The van der Waals surface area contributed by atoms with Gasteiger partial charge in [0.25, 0.3) is 0 Å². The molecule has 0 amide bonds. The maximum absolute atomic E-state index is 13.0. The van der Waals surface area contributed by atoms with Gasteiger partial charge < -0.3 is 9.84 Å². The Morgan fingerprint density at radius 1 is 1.39 bits per heavy atom. The molecule has 23 heavy (non-hydrogen) atoms. The first-order chi connectivity index (χ1) is 10.4. The zero-order valence-corrected chi connectivity index (χ0v) is 12.8. The van der Waals surface area contributed by atoms with E-state index in [0.717, 1.165) is 6.07 Å². The van der Waals surface area contributed by atoms with E-state index in [0.29, 0.717) is 25.2 Å². The van der Waals surface area contributed by atoms with Gasteiger partial charge in [0.1, 0.15) is 0 Å². The Bertz CT molecular complexity index is 724. The second kappa shape index (κ2) is 5.77. The standard InChI is InChI=1S/C13H14F3NO5S/c1-12(4-5-22-7-12)17-23(20,21)8-2-3-9(11(18)19)10(6-8)13(14,15)16/h2-3,6,17H,4-5,7H2,1H3,(H,18,19). The molecule has 10 heteroatoms. The van der Waals surface area contributed by atoms with Crippen LogP contribution >= 0.6 is 0 Å². The van der Waals surface area contributed by atoms with Gasteiger partial charge in [-0.3, -0.25) is 0 Å². The van der Waals surface area contributed by atoms with Gasteiger partial charge in [0, 0.05) is 6.61 Å². The number of ether oxygens (including phenoxy) is 1. The summed E-state index contributed by atoms with van der Waals surface area (Å²) >= 11 is 0. The van der Waals surface area contributed by atoms with Crippen LogP contribution in [0.2, 0.25) is 0 Å². The van der Waals surface area contributed by atoms with Crippen LogP contribution in [0.15, 0.2) is 23.1 Å². The summed E-state index contributed by atoms with van der Waals surface area (Å²) in [6, 6.07) is 1.79. The molecule has 0 bridgehead atoms. The van der Waals surface area contributed by atoms with Crippen molar-refractivity contribution in [1.82, 2.24) is 4.72 Å². The molecule has 0 aromatic heterocycles. The molecule has 1 atom stereocenters. The van der Waals surface area contributed by atoms with Crippen molar-refractivity contribution < 1.29 is 36.2 Å². The molecule has 1 aromatic rings. The first kappa shape index (κ1) is 17.7. The van der Waals surface area contributed by atoms with Gasteiger partial charge in [-0.15, -0.1) is 0 Å². The minimum atomic E-state index is -4.99. The highest BCUT2D eigenvalue weighted by Gasteiger charge is 2.38. The first-order valence-corrected chi connectivity index (χ1v) is 7.99. The SMILES string of the molecule is CC1(NS(=O)(=O)c2ccc(C(=O)O)c(C(F)(F)F)c2)CCOC1. The van der Waals surface area contributed by atoms with E-state index in [1.165, 1.54) is 0 Å². The lowest BCUT2D eigenvalue weighted by Gasteiger charge is -2.23. The predicted molar refractivity (Wildman–Crippen MR) is 72.6 cm³/mol. The van der Waals surface area contributed by atoms with Gasteiger partial charge >= 0.3 is 12.1 Å². The van der Waals surface area contributed by atoms with Gasteiger partial charge in [-0.05, 0) is 31.5 Å². The highest BCUT2D eigenvalue weighted by Crippen LogP contribution is 2.34. The van der Waals surface area contributed by atoms with Crippen molar-refractivity contribution in [3.63, 3.8) is 0 Å². The van der Waals surface area contributed by atoms with Crippen LogP contribution in [0.4, 0.5) is 13.2 Å². The van der Waals surface area contributed by atoms with Crippen LogP contribution in [-0.2, 0) is 20.9 Å². The van der Waals surface area contributed by atoms with Crippen LogP contribution in [0.5, 0.6) is 0 Å². The Kier molecular flexibility index (Phi) is 4.44. The number of sulfonamides is 1. The number of benzene rings is 1. The zero-order chi connectivity index (χ0) is 17.5. The van der Waals surface area contributed by atoms with Crippen molar-refractivity contribution in [2.45, 2.75) is 30.0 Å². The van der Waals surface area contributed by atoms with Gasteiger partial charge in [0.05, 0.1) is 28.2 Å². The van der Waals surface area contributed by atoms with E-state index in [1.54, 1.807) is 6.92 Å². The number of hydrogen-bond acceptors (Lipinski definition) is 4. The Balaban J connectivity index is 2.45. The Morgan fingerprint density at radius 2 is 2.04 bits per heavy atom. The smallest absolute Gasteiger partial charge is 0.417 e. The molecule has 1 aliphatic heterocycles. The van der Waals surface area contributed by atoms with Crippen LogP contribution in [-0.4, -0.2) is 38.2 Å². The minimum Gasteiger partial charge on any atom is -0.478 e. The normalized spacial score (nSPS) is 22.3. The molecule has 0 aliphatic carbocycles. The third-order valence-electron chi connectivity index (χ3n) is 3.44. The van der Waals surface area contributed by atoms with E-state index in [9.17, 15) is 26.4 Å². The van der Waals surface area contributed by atoms with Crippen LogP contribution < -0.4 is 4.72 Å². The lowest BCUT2D eigenvalue weighted by atomic mass is 10.0. The zero-order valence-electron chi connectivity index (χ0n) is 12.0. The van der Waals surface area contributed by atoms with Crippen molar-refractivity contribution in [3.05, 3.63) is 29.3 Å². The predicted octanol–water partition coefficient (Wildman–Crippen LogP) is 1.86. The van der Waals surface area contributed by atoms with Gasteiger partial charge in [0.15, 0.2) is 0 Å². The van der Waals surface area contributed by atoms with Gasteiger partial charge in [-0.2, -0.15) is 13.2 Å². The van der Waals surface area contributed by atoms with Crippen molar-refractivity contribution in [2.24, 2.45) is 0 Å². The van der Waals surface area contributed by atoms with Crippen LogP contribution in [0.3, 0.4) is 0 Å².